The topological polar surface area (TPSA) is 55.5 Å². The molecule has 13 heavy (non-hydrogen) atoms. The molecule has 0 saturated carbocycles. The number of hydrogen-bond acceptors (Lipinski definition) is 4. The van der Waals surface area contributed by atoms with Crippen LogP contribution in [0.5, 0.6) is 5.75 Å². The van der Waals surface area contributed by atoms with Gasteiger partial charge in [0, 0.05) is 0 Å². The van der Waals surface area contributed by atoms with Crippen LogP contribution in [0.3, 0.4) is 0 Å². The number of thioether (sulfide) groups is 1. The van der Waals surface area contributed by atoms with Gasteiger partial charge in [-0.1, -0.05) is 12.1 Å². The second-order valence-electron chi connectivity index (χ2n) is 2.59. The van der Waals surface area contributed by atoms with Gasteiger partial charge in [0.05, 0.1) is 11.5 Å². The number of nitrogens with two attached hydrogens (primary N) is 1. The number of phenolic OH excluding ortho intramolecular Hbond substituents is 1. The van der Waals surface area contributed by atoms with E-state index in [1.54, 1.807) is 6.07 Å². The fourth-order valence-corrected chi connectivity index (χ4v) is 1.88. The summed E-state index contributed by atoms with van der Waals surface area (Å²) in [5.41, 5.74) is 1.07. The summed E-state index contributed by atoms with van der Waals surface area (Å²) in [7, 11) is 0. The van der Waals surface area contributed by atoms with Crippen molar-refractivity contribution in [1.29, 1.82) is 0 Å². The lowest BCUT2D eigenvalue weighted by Crippen LogP contribution is -2.04. The SMILES string of the molecule is CSc1c(O)cccc1CCON. The van der Waals surface area contributed by atoms with Crippen molar-refractivity contribution in [3.8, 4) is 5.75 Å². The highest BCUT2D eigenvalue weighted by Crippen LogP contribution is 2.30. The van der Waals surface area contributed by atoms with Gasteiger partial charge in [-0.2, -0.15) is 0 Å². The molecular weight excluding hydrogens is 186 g/mol. The average molecular weight is 199 g/mol. The molecule has 0 heterocycles. The van der Waals surface area contributed by atoms with Gasteiger partial charge in [0.2, 0.25) is 0 Å². The predicted octanol–water partition coefficient (Wildman–Crippen LogP) is 1.55. The molecule has 72 valence electrons. The van der Waals surface area contributed by atoms with Gasteiger partial charge >= 0.3 is 0 Å². The standard InChI is InChI=1S/C9H13NO2S/c1-13-9-7(5-6-12-10)3-2-4-8(9)11/h2-4,11H,5-6,10H2,1H3. The van der Waals surface area contributed by atoms with Crippen molar-refractivity contribution >= 4 is 11.8 Å². The molecule has 0 amide bonds. The van der Waals surface area contributed by atoms with E-state index in [1.807, 2.05) is 18.4 Å². The monoisotopic (exact) mass is 199 g/mol. The van der Waals surface area contributed by atoms with Crippen molar-refractivity contribution in [2.45, 2.75) is 11.3 Å². The maximum atomic E-state index is 9.50. The molecule has 0 unspecified atom stereocenters. The third-order valence-electron chi connectivity index (χ3n) is 1.77. The van der Waals surface area contributed by atoms with Gasteiger partial charge in [-0.3, -0.25) is 0 Å². The Labute approximate surface area is 81.9 Å². The van der Waals surface area contributed by atoms with Gasteiger partial charge < -0.3 is 9.94 Å². The lowest BCUT2D eigenvalue weighted by Gasteiger charge is -2.07. The first-order valence-corrected chi connectivity index (χ1v) is 5.18. The zero-order chi connectivity index (χ0) is 9.68. The summed E-state index contributed by atoms with van der Waals surface area (Å²) in [6.07, 6.45) is 2.66. The third kappa shape index (κ3) is 2.62. The molecule has 0 aliphatic carbocycles. The Hall–Kier alpha value is -0.710. The van der Waals surface area contributed by atoms with Crippen molar-refractivity contribution in [2.24, 2.45) is 5.90 Å². The number of rotatable bonds is 4. The summed E-state index contributed by atoms with van der Waals surface area (Å²) in [6, 6.07) is 5.46. The number of aromatic hydroxyl groups is 1. The Morgan fingerprint density at radius 2 is 2.31 bits per heavy atom. The highest BCUT2D eigenvalue weighted by Gasteiger charge is 2.05. The lowest BCUT2D eigenvalue weighted by atomic mass is 10.1. The predicted molar refractivity (Wildman–Crippen MR) is 53.7 cm³/mol. The van der Waals surface area contributed by atoms with Gasteiger partial charge in [0.25, 0.3) is 0 Å². The van der Waals surface area contributed by atoms with E-state index in [9.17, 15) is 5.11 Å². The van der Waals surface area contributed by atoms with Crippen molar-refractivity contribution < 1.29 is 9.94 Å². The second kappa shape index (κ2) is 5.11. The number of hydrogen-bond donors (Lipinski definition) is 2. The Morgan fingerprint density at radius 1 is 1.54 bits per heavy atom. The van der Waals surface area contributed by atoms with Crippen molar-refractivity contribution in [3.05, 3.63) is 23.8 Å². The summed E-state index contributed by atoms with van der Waals surface area (Å²) in [6.45, 7) is 0.469. The first-order valence-electron chi connectivity index (χ1n) is 3.96. The summed E-state index contributed by atoms with van der Waals surface area (Å²) in [5.74, 6) is 5.26. The summed E-state index contributed by atoms with van der Waals surface area (Å²) >= 11 is 1.53. The first-order chi connectivity index (χ1) is 6.29. The molecule has 3 nitrogen and oxygen atoms in total. The van der Waals surface area contributed by atoms with Crippen molar-refractivity contribution in [2.75, 3.05) is 12.9 Å². The van der Waals surface area contributed by atoms with E-state index < -0.39 is 0 Å². The smallest absolute Gasteiger partial charge is 0.129 e. The van der Waals surface area contributed by atoms with E-state index in [-0.39, 0.29) is 0 Å². The highest BCUT2D eigenvalue weighted by molar-refractivity contribution is 7.98. The van der Waals surface area contributed by atoms with Crippen LogP contribution in [0.4, 0.5) is 0 Å². The van der Waals surface area contributed by atoms with Gasteiger partial charge in [0.15, 0.2) is 0 Å². The zero-order valence-corrected chi connectivity index (χ0v) is 8.30. The molecule has 1 aromatic carbocycles. The van der Waals surface area contributed by atoms with Crippen LogP contribution in [0, 0.1) is 0 Å². The molecule has 0 fully saturated rings. The minimum absolute atomic E-state index is 0.321. The second-order valence-corrected chi connectivity index (χ2v) is 3.41. The molecule has 0 saturated heterocycles. The van der Waals surface area contributed by atoms with Crippen LogP contribution < -0.4 is 5.90 Å². The third-order valence-corrected chi connectivity index (χ3v) is 2.65. The molecule has 0 bridgehead atoms. The van der Waals surface area contributed by atoms with E-state index in [0.29, 0.717) is 12.4 Å². The van der Waals surface area contributed by atoms with E-state index in [2.05, 4.69) is 4.84 Å². The van der Waals surface area contributed by atoms with E-state index >= 15 is 0 Å². The fourth-order valence-electron chi connectivity index (χ4n) is 1.17. The molecule has 0 aromatic heterocycles. The van der Waals surface area contributed by atoms with Gasteiger partial charge in [-0.25, -0.2) is 5.90 Å². The Balaban J connectivity index is 2.85. The highest BCUT2D eigenvalue weighted by atomic mass is 32.2. The van der Waals surface area contributed by atoms with Crippen LogP contribution >= 0.6 is 11.8 Å². The van der Waals surface area contributed by atoms with Crippen LogP contribution in [0.25, 0.3) is 0 Å². The van der Waals surface area contributed by atoms with Crippen molar-refractivity contribution in [1.82, 2.24) is 0 Å². The Morgan fingerprint density at radius 3 is 2.92 bits per heavy atom. The van der Waals surface area contributed by atoms with Crippen LogP contribution in [0.2, 0.25) is 0 Å². The summed E-state index contributed by atoms with van der Waals surface area (Å²) in [5, 5.41) is 9.50. The van der Waals surface area contributed by atoms with Crippen LogP contribution in [0.1, 0.15) is 5.56 Å². The zero-order valence-electron chi connectivity index (χ0n) is 7.49. The van der Waals surface area contributed by atoms with Crippen LogP contribution in [-0.4, -0.2) is 18.0 Å². The quantitative estimate of drug-likeness (QED) is 0.570. The van der Waals surface area contributed by atoms with E-state index in [4.69, 9.17) is 5.90 Å². The Bertz CT molecular complexity index is 278. The van der Waals surface area contributed by atoms with Gasteiger partial charge in [-0.05, 0) is 24.3 Å². The molecular formula is C9H13NO2S. The minimum atomic E-state index is 0.321. The number of phenols is 1. The van der Waals surface area contributed by atoms with Gasteiger partial charge in [-0.15, -0.1) is 11.8 Å². The first kappa shape index (κ1) is 10.4. The Kier molecular flexibility index (Phi) is 4.08. The summed E-state index contributed by atoms with van der Waals surface area (Å²) in [4.78, 5) is 5.40. The molecule has 0 radical (unpaired) electrons. The number of benzene rings is 1. The molecule has 0 aliphatic rings. The van der Waals surface area contributed by atoms with Crippen molar-refractivity contribution in [3.63, 3.8) is 0 Å². The van der Waals surface area contributed by atoms with E-state index in [1.165, 1.54) is 11.8 Å². The minimum Gasteiger partial charge on any atom is -0.507 e. The van der Waals surface area contributed by atoms with Gasteiger partial charge in [0.1, 0.15) is 5.75 Å². The fraction of sp³-hybridized carbons (Fsp3) is 0.333. The molecule has 1 rings (SSSR count). The maximum absolute atomic E-state index is 9.50. The average Bonchev–Trinajstić information content (AvgIpc) is 2.15. The largest absolute Gasteiger partial charge is 0.507 e. The maximum Gasteiger partial charge on any atom is 0.129 e. The van der Waals surface area contributed by atoms with Crippen LogP contribution in [-0.2, 0) is 11.3 Å². The lowest BCUT2D eigenvalue weighted by molar-refractivity contribution is 0.141. The molecule has 3 N–H and O–H groups in total. The normalized spacial score (nSPS) is 10.3. The molecule has 4 heteroatoms. The van der Waals surface area contributed by atoms with Crippen LogP contribution in [0.15, 0.2) is 23.1 Å². The van der Waals surface area contributed by atoms with E-state index in [0.717, 1.165) is 16.9 Å². The summed E-state index contributed by atoms with van der Waals surface area (Å²) < 4.78 is 0. The molecule has 0 aliphatic heterocycles. The molecule has 0 spiro atoms. The molecule has 0 atom stereocenters. The molecule has 1 aromatic rings.